The van der Waals surface area contributed by atoms with E-state index in [1.165, 1.54) is 0 Å². The van der Waals surface area contributed by atoms with Crippen LogP contribution in [0.3, 0.4) is 0 Å². The Morgan fingerprint density at radius 1 is 1.50 bits per heavy atom. The van der Waals surface area contributed by atoms with Crippen LogP contribution in [0.25, 0.3) is 0 Å². The molecule has 0 bridgehead atoms. The molecule has 2 rings (SSSR count). The maximum absolute atomic E-state index is 5.98. The quantitative estimate of drug-likeness (QED) is 0.842. The summed E-state index contributed by atoms with van der Waals surface area (Å²) in [7, 11) is 0. The van der Waals surface area contributed by atoms with Gasteiger partial charge < -0.3 is 15.0 Å². The Morgan fingerprint density at radius 3 is 2.94 bits per heavy atom. The molecule has 16 heavy (non-hydrogen) atoms. The number of rotatable bonds is 4. The molecule has 5 heteroatoms. The van der Waals surface area contributed by atoms with E-state index in [9.17, 15) is 0 Å². The predicted molar refractivity (Wildman–Crippen MR) is 58.9 cm³/mol. The molecule has 1 aliphatic heterocycles. The average Bonchev–Trinajstić information content (AvgIpc) is 2.87. The van der Waals surface area contributed by atoms with Crippen LogP contribution in [0.2, 0.25) is 0 Å². The number of aromatic nitrogens is 2. The molecule has 1 fully saturated rings. The van der Waals surface area contributed by atoms with Gasteiger partial charge in [0.2, 0.25) is 5.89 Å². The number of nitrogens with two attached hydrogens (primary N) is 1. The van der Waals surface area contributed by atoms with E-state index in [0.29, 0.717) is 18.4 Å². The summed E-state index contributed by atoms with van der Waals surface area (Å²) in [6, 6.07) is -0.149. The zero-order chi connectivity index (χ0) is 11.5. The first-order valence-corrected chi connectivity index (χ1v) is 5.83. The lowest BCUT2D eigenvalue weighted by atomic mass is 10.0. The molecule has 0 radical (unpaired) electrons. The van der Waals surface area contributed by atoms with E-state index in [2.05, 4.69) is 24.0 Å². The Labute approximate surface area is 95.3 Å². The van der Waals surface area contributed by atoms with Gasteiger partial charge in [-0.3, -0.25) is 0 Å². The molecule has 90 valence electrons. The van der Waals surface area contributed by atoms with Gasteiger partial charge in [0.15, 0.2) is 5.82 Å². The van der Waals surface area contributed by atoms with Gasteiger partial charge in [0.05, 0.1) is 12.6 Å². The maximum atomic E-state index is 5.98. The first kappa shape index (κ1) is 11.5. The molecule has 1 aliphatic rings. The summed E-state index contributed by atoms with van der Waals surface area (Å²) in [5.41, 5.74) is 5.98. The molecule has 0 amide bonds. The van der Waals surface area contributed by atoms with Crippen LogP contribution in [0.1, 0.15) is 50.4 Å². The Bertz CT molecular complexity index is 332. The summed E-state index contributed by atoms with van der Waals surface area (Å²) in [5, 5.41) is 3.98. The van der Waals surface area contributed by atoms with Gasteiger partial charge in [0.25, 0.3) is 0 Å². The van der Waals surface area contributed by atoms with Crippen molar-refractivity contribution in [2.24, 2.45) is 11.7 Å². The second-order valence-corrected chi connectivity index (χ2v) is 4.79. The van der Waals surface area contributed by atoms with Crippen LogP contribution in [-0.2, 0) is 4.74 Å². The summed E-state index contributed by atoms with van der Waals surface area (Å²) >= 11 is 0. The zero-order valence-electron chi connectivity index (χ0n) is 9.85. The summed E-state index contributed by atoms with van der Waals surface area (Å²) in [6.07, 6.45) is 1.83. The van der Waals surface area contributed by atoms with Crippen LogP contribution in [0.4, 0.5) is 0 Å². The average molecular weight is 225 g/mol. The smallest absolute Gasteiger partial charge is 0.243 e. The molecule has 1 unspecified atom stereocenters. The molecular weight excluding hydrogens is 206 g/mol. The highest BCUT2D eigenvalue weighted by atomic mass is 16.5. The highest BCUT2D eigenvalue weighted by Gasteiger charge is 2.24. The zero-order valence-corrected chi connectivity index (χ0v) is 9.85. The summed E-state index contributed by atoms with van der Waals surface area (Å²) in [4.78, 5) is 4.36. The standard InChI is InChI=1S/C11H19N3O2/c1-7(2)5-9(12)11-13-10(14-16-11)8-3-4-15-6-8/h7-9H,3-6,12H2,1-2H3/t8?,9-/m0/s1. The fourth-order valence-corrected chi connectivity index (χ4v) is 1.91. The van der Waals surface area contributed by atoms with Crippen molar-refractivity contribution in [2.75, 3.05) is 13.2 Å². The van der Waals surface area contributed by atoms with Crippen LogP contribution >= 0.6 is 0 Å². The van der Waals surface area contributed by atoms with Gasteiger partial charge in [-0.1, -0.05) is 19.0 Å². The second-order valence-electron chi connectivity index (χ2n) is 4.79. The number of ether oxygens (including phenoxy) is 1. The lowest BCUT2D eigenvalue weighted by Crippen LogP contribution is -2.13. The third-order valence-corrected chi connectivity index (χ3v) is 2.79. The Balaban J connectivity index is 2.00. The highest BCUT2D eigenvalue weighted by molar-refractivity contribution is 4.99. The third-order valence-electron chi connectivity index (χ3n) is 2.79. The van der Waals surface area contributed by atoms with E-state index in [-0.39, 0.29) is 12.0 Å². The van der Waals surface area contributed by atoms with Crippen LogP contribution in [-0.4, -0.2) is 23.4 Å². The van der Waals surface area contributed by atoms with Crippen molar-refractivity contribution in [3.05, 3.63) is 11.7 Å². The molecule has 1 aromatic rings. The lowest BCUT2D eigenvalue weighted by molar-refractivity contribution is 0.192. The van der Waals surface area contributed by atoms with Gasteiger partial charge in [-0.2, -0.15) is 4.98 Å². The van der Waals surface area contributed by atoms with Gasteiger partial charge in [0, 0.05) is 12.5 Å². The molecule has 0 spiro atoms. The van der Waals surface area contributed by atoms with E-state index in [1.54, 1.807) is 0 Å². The van der Waals surface area contributed by atoms with Crippen molar-refractivity contribution >= 4 is 0 Å². The monoisotopic (exact) mass is 225 g/mol. The summed E-state index contributed by atoms with van der Waals surface area (Å²) < 4.78 is 10.5. The van der Waals surface area contributed by atoms with Crippen LogP contribution in [0.15, 0.2) is 4.52 Å². The molecule has 0 aromatic carbocycles. The van der Waals surface area contributed by atoms with Gasteiger partial charge in [0.1, 0.15) is 0 Å². The Hall–Kier alpha value is -0.940. The van der Waals surface area contributed by atoms with Crippen molar-refractivity contribution in [3.63, 3.8) is 0 Å². The van der Waals surface area contributed by atoms with Gasteiger partial charge in [-0.15, -0.1) is 0 Å². The normalized spacial score (nSPS) is 22.9. The van der Waals surface area contributed by atoms with Crippen LogP contribution < -0.4 is 5.73 Å². The molecule has 2 N–H and O–H groups in total. The predicted octanol–water partition coefficient (Wildman–Crippen LogP) is 1.62. The first-order chi connectivity index (χ1) is 7.66. The summed E-state index contributed by atoms with van der Waals surface area (Å²) in [6.45, 7) is 5.73. The lowest BCUT2D eigenvalue weighted by Gasteiger charge is -2.08. The number of hydrogen-bond acceptors (Lipinski definition) is 5. The topological polar surface area (TPSA) is 74.2 Å². The number of nitrogens with zero attached hydrogens (tertiary/aromatic N) is 2. The minimum absolute atomic E-state index is 0.149. The minimum atomic E-state index is -0.149. The van der Waals surface area contributed by atoms with E-state index < -0.39 is 0 Å². The van der Waals surface area contributed by atoms with Crippen molar-refractivity contribution < 1.29 is 9.26 Å². The van der Waals surface area contributed by atoms with Crippen LogP contribution in [0.5, 0.6) is 0 Å². The van der Waals surface area contributed by atoms with Gasteiger partial charge >= 0.3 is 0 Å². The fraction of sp³-hybridized carbons (Fsp3) is 0.818. The van der Waals surface area contributed by atoms with E-state index in [1.807, 2.05) is 0 Å². The van der Waals surface area contributed by atoms with Gasteiger partial charge in [-0.05, 0) is 18.8 Å². The van der Waals surface area contributed by atoms with Crippen LogP contribution in [0, 0.1) is 5.92 Å². The fourth-order valence-electron chi connectivity index (χ4n) is 1.91. The molecule has 5 nitrogen and oxygen atoms in total. The maximum Gasteiger partial charge on any atom is 0.243 e. The summed E-state index contributed by atoms with van der Waals surface area (Å²) in [5.74, 6) is 2.10. The largest absolute Gasteiger partial charge is 0.381 e. The molecule has 1 saturated heterocycles. The third kappa shape index (κ3) is 2.59. The van der Waals surface area contributed by atoms with Crippen molar-refractivity contribution in [2.45, 2.75) is 38.6 Å². The highest BCUT2D eigenvalue weighted by Crippen LogP contribution is 2.24. The molecule has 0 aliphatic carbocycles. The van der Waals surface area contributed by atoms with E-state index >= 15 is 0 Å². The number of hydrogen-bond donors (Lipinski definition) is 1. The van der Waals surface area contributed by atoms with Crippen molar-refractivity contribution in [1.82, 2.24) is 10.1 Å². The molecule has 1 aromatic heterocycles. The molecule has 0 saturated carbocycles. The Morgan fingerprint density at radius 2 is 2.31 bits per heavy atom. The van der Waals surface area contributed by atoms with E-state index in [0.717, 1.165) is 25.3 Å². The molecule has 2 heterocycles. The molecular formula is C11H19N3O2. The Kier molecular flexibility index (Phi) is 3.56. The minimum Gasteiger partial charge on any atom is -0.381 e. The second kappa shape index (κ2) is 4.93. The van der Waals surface area contributed by atoms with Crippen molar-refractivity contribution in [1.29, 1.82) is 0 Å². The van der Waals surface area contributed by atoms with Gasteiger partial charge in [-0.25, -0.2) is 0 Å². The van der Waals surface area contributed by atoms with E-state index in [4.69, 9.17) is 15.0 Å². The molecule has 2 atom stereocenters. The first-order valence-electron chi connectivity index (χ1n) is 5.83. The SMILES string of the molecule is CC(C)C[C@H](N)c1nc(C2CCOC2)no1. The van der Waals surface area contributed by atoms with Crippen molar-refractivity contribution in [3.8, 4) is 0 Å².